The summed E-state index contributed by atoms with van der Waals surface area (Å²) in [5.74, 6) is -1.52. The number of rotatable bonds is 0. The molecule has 0 aromatic rings. The van der Waals surface area contributed by atoms with Crippen molar-refractivity contribution in [3.63, 3.8) is 0 Å². The molecule has 0 spiro atoms. The summed E-state index contributed by atoms with van der Waals surface area (Å²) in [4.78, 5) is 0. The van der Waals surface area contributed by atoms with E-state index in [0.717, 1.165) is 0 Å². The minimum atomic E-state index is -4.86. The standard InChI is InChI=1S/C5H3F5O2/c6-2-1-11-4(5(8,9)10)12-3(2)7/h1,3-4H. The molecule has 1 rings (SSSR count). The maximum Gasteiger partial charge on any atom is 0.452 e. The SMILES string of the molecule is FC1=COC(C(F)(F)F)OC1F. The van der Waals surface area contributed by atoms with E-state index in [-0.39, 0.29) is 6.26 Å². The zero-order chi connectivity index (χ0) is 9.35. The van der Waals surface area contributed by atoms with Crippen LogP contribution in [0.3, 0.4) is 0 Å². The predicted octanol–water partition coefficient (Wildman–Crippen LogP) is 2.03. The molecule has 1 heterocycles. The largest absolute Gasteiger partial charge is 0.460 e. The number of halogens is 5. The number of hydrogen-bond acceptors (Lipinski definition) is 2. The van der Waals surface area contributed by atoms with Gasteiger partial charge in [-0.15, -0.1) is 0 Å². The third-order valence-electron chi connectivity index (χ3n) is 1.03. The van der Waals surface area contributed by atoms with Crippen LogP contribution in [-0.4, -0.2) is 18.8 Å². The van der Waals surface area contributed by atoms with Crippen LogP contribution in [0.15, 0.2) is 12.1 Å². The van der Waals surface area contributed by atoms with E-state index in [0.29, 0.717) is 0 Å². The summed E-state index contributed by atoms with van der Waals surface area (Å²) in [6.45, 7) is 0. The summed E-state index contributed by atoms with van der Waals surface area (Å²) in [5.41, 5.74) is 0. The molecule has 2 nitrogen and oxygen atoms in total. The fraction of sp³-hybridized carbons (Fsp3) is 0.600. The van der Waals surface area contributed by atoms with Gasteiger partial charge >= 0.3 is 6.18 Å². The Morgan fingerprint density at radius 3 is 2.33 bits per heavy atom. The molecule has 7 heteroatoms. The van der Waals surface area contributed by atoms with Crippen LogP contribution in [0.5, 0.6) is 0 Å². The molecule has 12 heavy (non-hydrogen) atoms. The van der Waals surface area contributed by atoms with Gasteiger partial charge in [-0.05, 0) is 0 Å². The molecule has 2 atom stereocenters. The summed E-state index contributed by atoms with van der Waals surface area (Å²) in [6.07, 6.45) is -10.2. The molecule has 0 aliphatic carbocycles. The summed E-state index contributed by atoms with van der Waals surface area (Å²) >= 11 is 0. The van der Waals surface area contributed by atoms with Crippen molar-refractivity contribution >= 4 is 0 Å². The first-order valence-electron chi connectivity index (χ1n) is 2.78. The van der Waals surface area contributed by atoms with E-state index in [9.17, 15) is 22.0 Å². The van der Waals surface area contributed by atoms with Crippen LogP contribution in [0, 0.1) is 0 Å². The first-order valence-corrected chi connectivity index (χ1v) is 2.78. The third-order valence-corrected chi connectivity index (χ3v) is 1.03. The second kappa shape index (κ2) is 2.89. The van der Waals surface area contributed by atoms with Gasteiger partial charge in [0.05, 0.1) is 0 Å². The number of ether oxygens (including phenoxy) is 2. The van der Waals surface area contributed by atoms with Gasteiger partial charge < -0.3 is 4.74 Å². The Morgan fingerprint density at radius 2 is 1.92 bits per heavy atom. The third kappa shape index (κ3) is 1.84. The molecular weight excluding hydrogens is 187 g/mol. The topological polar surface area (TPSA) is 18.5 Å². The zero-order valence-corrected chi connectivity index (χ0v) is 5.44. The van der Waals surface area contributed by atoms with E-state index in [1.165, 1.54) is 0 Å². The van der Waals surface area contributed by atoms with Crippen molar-refractivity contribution in [2.75, 3.05) is 0 Å². The lowest BCUT2D eigenvalue weighted by Gasteiger charge is -2.24. The maximum atomic E-state index is 12.1. The van der Waals surface area contributed by atoms with Crippen LogP contribution in [0.4, 0.5) is 22.0 Å². The molecule has 2 unspecified atom stereocenters. The van der Waals surface area contributed by atoms with Crippen LogP contribution >= 0.6 is 0 Å². The van der Waals surface area contributed by atoms with Gasteiger partial charge in [-0.1, -0.05) is 0 Å². The molecule has 0 saturated carbocycles. The Labute approximate surface area is 63.6 Å². The molecule has 0 aromatic heterocycles. The molecule has 0 bridgehead atoms. The fourth-order valence-electron chi connectivity index (χ4n) is 0.540. The molecule has 70 valence electrons. The van der Waals surface area contributed by atoms with E-state index in [2.05, 4.69) is 9.47 Å². The van der Waals surface area contributed by atoms with Gasteiger partial charge in [-0.3, -0.25) is 4.74 Å². The summed E-state index contributed by atoms with van der Waals surface area (Å²) < 4.78 is 66.3. The fourth-order valence-corrected chi connectivity index (χ4v) is 0.540. The molecule has 0 radical (unpaired) electrons. The summed E-state index contributed by atoms with van der Waals surface area (Å²) in [6, 6.07) is 0. The van der Waals surface area contributed by atoms with Gasteiger partial charge in [0, 0.05) is 0 Å². The van der Waals surface area contributed by atoms with Crippen molar-refractivity contribution in [3.05, 3.63) is 12.1 Å². The van der Waals surface area contributed by atoms with Crippen molar-refractivity contribution in [2.24, 2.45) is 0 Å². The number of alkyl halides is 4. The van der Waals surface area contributed by atoms with E-state index >= 15 is 0 Å². The normalized spacial score (nSPS) is 30.9. The maximum absolute atomic E-state index is 12.1. The molecule has 0 N–H and O–H groups in total. The highest BCUT2D eigenvalue weighted by Crippen LogP contribution is 2.30. The monoisotopic (exact) mass is 190 g/mol. The Morgan fingerprint density at radius 1 is 1.33 bits per heavy atom. The van der Waals surface area contributed by atoms with Crippen LogP contribution < -0.4 is 0 Å². The lowest BCUT2D eigenvalue weighted by Crippen LogP contribution is -2.38. The van der Waals surface area contributed by atoms with Gasteiger partial charge in [0.15, 0.2) is 5.83 Å². The van der Waals surface area contributed by atoms with Crippen LogP contribution in [0.2, 0.25) is 0 Å². The first kappa shape index (κ1) is 9.24. The van der Waals surface area contributed by atoms with Crippen molar-refractivity contribution in [1.82, 2.24) is 0 Å². The quantitative estimate of drug-likeness (QED) is 0.544. The molecule has 0 amide bonds. The van der Waals surface area contributed by atoms with Crippen molar-refractivity contribution in [2.45, 2.75) is 18.8 Å². The molecule has 0 fully saturated rings. The highest BCUT2D eigenvalue weighted by atomic mass is 19.4. The van der Waals surface area contributed by atoms with Gasteiger partial charge in [-0.25, -0.2) is 8.78 Å². The molecule has 1 aliphatic heterocycles. The Hall–Kier alpha value is -0.850. The van der Waals surface area contributed by atoms with E-state index in [4.69, 9.17) is 0 Å². The molecule has 0 saturated heterocycles. The highest BCUT2D eigenvalue weighted by molar-refractivity contribution is 4.93. The van der Waals surface area contributed by atoms with Crippen LogP contribution in [0.1, 0.15) is 0 Å². The van der Waals surface area contributed by atoms with E-state index in [1.807, 2.05) is 0 Å². The van der Waals surface area contributed by atoms with Gasteiger partial charge in [0.25, 0.3) is 12.6 Å². The predicted molar refractivity (Wildman–Crippen MR) is 26.1 cm³/mol. The first-order chi connectivity index (χ1) is 5.41. The van der Waals surface area contributed by atoms with E-state index < -0.39 is 24.7 Å². The Bertz CT molecular complexity index is 199. The lowest BCUT2D eigenvalue weighted by atomic mass is 10.5. The molecule has 0 aromatic carbocycles. The minimum Gasteiger partial charge on any atom is -0.460 e. The van der Waals surface area contributed by atoms with E-state index in [1.54, 1.807) is 0 Å². The smallest absolute Gasteiger partial charge is 0.452 e. The van der Waals surface area contributed by atoms with Gasteiger partial charge in [0.1, 0.15) is 6.26 Å². The lowest BCUT2D eigenvalue weighted by molar-refractivity contribution is -0.326. The molecular formula is C5H3F5O2. The highest BCUT2D eigenvalue weighted by Gasteiger charge is 2.46. The minimum absolute atomic E-state index is 0.0479. The van der Waals surface area contributed by atoms with Crippen molar-refractivity contribution < 1.29 is 31.4 Å². The average molecular weight is 190 g/mol. The van der Waals surface area contributed by atoms with Crippen molar-refractivity contribution in [1.29, 1.82) is 0 Å². The zero-order valence-electron chi connectivity index (χ0n) is 5.44. The summed E-state index contributed by atoms with van der Waals surface area (Å²) in [5, 5.41) is 0. The van der Waals surface area contributed by atoms with Crippen LogP contribution in [-0.2, 0) is 9.47 Å². The second-order valence-corrected chi connectivity index (χ2v) is 1.96. The average Bonchev–Trinajstić information content (AvgIpc) is 1.92. The Kier molecular flexibility index (Phi) is 2.22. The Balaban J connectivity index is 2.65. The van der Waals surface area contributed by atoms with Gasteiger partial charge in [0.2, 0.25) is 0 Å². The second-order valence-electron chi connectivity index (χ2n) is 1.96. The molecule has 1 aliphatic rings. The van der Waals surface area contributed by atoms with Crippen LogP contribution in [0.25, 0.3) is 0 Å². The van der Waals surface area contributed by atoms with Crippen molar-refractivity contribution in [3.8, 4) is 0 Å². The number of hydrogen-bond donors (Lipinski definition) is 0. The van der Waals surface area contributed by atoms with Gasteiger partial charge in [-0.2, -0.15) is 13.2 Å². The summed E-state index contributed by atoms with van der Waals surface area (Å²) in [7, 11) is 0.